The van der Waals surface area contributed by atoms with Crippen LogP contribution in [0.25, 0.3) is 0 Å². The number of carbonyl (C=O) groups excluding carboxylic acids is 1. The number of nitrogens with two attached hydrogens (primary N) is 1. The monoisotopic (exact) mass is 302 g/mol. The minimum atomic E-state index is -0.0758. The van der Waals surface area contributed by atoms with E-state index in [2.05, 4.69) is 5.32 Å². The van der Waals surface area contributed by atoms with Crippen LogP contribution in [0.2, 0.25) is 5.02 Å². The number of benzene rings is 2. The Hall–Kier alpha value is -1.84. The predicted octanol–water partition coefficient (Wildman–Crippen LogP) is 3.16. The van der Waals surface area contributed by atoms with Crippen LogP contribution < -0.4 is 11.1 Å². The van der Waals surface area contributed by atoms with Gasteiger partial charge in [-0.15, -0.1) is 0 Å². The lowest BCUT2D eigenvalue weighted by Crippen LogP contribution is -2.34. The minimum Gasteiger partial charge on any atom is -0.349 e. The second-order valence-electron chi connectivity index (χ2n) is 5.11. The molecule has 0 radical (unpaired) electrons. The van der Waals surface area contributed by atoms with Crippen molar-refractivity contribution in [2.75, 3.05) is 0 Å². The van der Waals surface area contributed by atoms with E-state index in [9.17, 15) is 4.79 Å². The highest BCUT2D eigenvalue weighted by Gasteiger charge is 2.10. The van der Waals surface area contributed by atoms with E-state index in [0.717, 1.165) is 17.5 Å². The second kappa shape index (κ2) is 7.25. The van der Waals surface area contributed by atoms with Crippen molar-refractivity contribution in [3.63, 3.8) is 0 Å². The number of hydrogen-bond acceptors (Lipinski definition) is 2. The lowest BCUT2D eigenvalue weighted by molar-refractivity contribution is 0.0940. The van der Waals surface area contributed by atoms with E-state index >= 15 is 0 Å². The summed E-state index contributed by atoms with van der Waals surface area (Å²) in [4.78, 5) is 12.1. The molecule has 110 valence electrons. The highest BCUT2D eigenvalue weighted by Crippen LogP contribution is 2.12. The molecule has 0 aliphatic rings. The maximum absolute atomic E-state index is 12.1. The van der Waals surface area contributed by atoms with Crippen LogP contribution in [0.15, 0.2) is 48.5 Å². The van der Waals surface area contributed by atoms with Crippen molar-refractivity contribution in [2.45, 2.75) is 25.9 Å². The third-order valence-electron chi connectivity index (χ3n) is 3.26. The molecule has 0 saturated carbocycles. The molecule has 1 amide bonds. The molecular formula is C17H19ClN2O. The molecule has 2 aromatic carbocycles. The third kappa shape index (κ3) is 4.59. The van der Waals surface area contributed by atoms with Gasteiger partial charge >= 0.3 is 0 Å². The number of amides is 1. The highest BCUT2D eigenvalue weighted by molar-refractivity contribution is 6.30. The Labute approximate surface area is 130 Å². The van der Waals surface area contributed by atoms with Crippen molar-refractivity contribution in [1.82, 2.24) is 5.32 Å². The van der Waals surface area contributed by atoms with E-state index in [1.54, 1.807) is 12.1 Å². The first-order chi connectivity index (χ1) is 10.1. The smallest absolute Gasteiger partial charge is 0.251 e. The number of carbonyl (C=O) groups is 1. The highest BCUT2D eigenvalue weighted by atomic mass is 35.5. The molecule has 0 aromatic heterocycles. The van der Waals surface area contributed by atoms with Crippen LogP contribution in [0.4, 0.5) is 0 Å². The largest absolute Gasteiger partial charge is 0.349 e. The Morgan fingerprint density at radius 2 is 1.90 bits per heavy atom. The lowest BCUT2D eigenvalue weighted by atomic mass is 10.1. The van der Waals surface area contributed by atoms with Gasteiger partial charge in [0.1, 0.15) is 0 Å². The standard InChI is InChI=1S/C17H19ClN2O/c1-12(9-14-3-2-4-16(18)10-14)20-17(21)15-7-5-13(11-19)6-8-15/h2-8,10,12H,9,11,19H2,1H3,(H,20,21). The summed E-state index contributed by atoms with van der Waals surface area (Å²) in [6.45, 7) is 2.46. The fourth-order valence-corrected chi connectivity index (χ4v) is 2.38. The summed E-state index contributed by atoms with van der Waals surface area (Å²) in [5.74, 6) is -0.0758. The molecule has 0 fully saturated rings. The summed E-state index contributed by atoms with van der Waals surface area (Å²) < 4.78 is 0. The topological polar surface area (TPSA) is 55.1 Å². The lowest BCUT2D eigenvalue weighted by Gasteiger charge is -2.14. The molecule has 2 aromatic rings. The van der Waals surface area contributed by atoms with E-state index in [-0.39, 0.29) is 11.9 Å². The van der Waals surface area contributed by atoms with E-state index in [0.29, 0.717) is 17.1 Å². The van der Waals surface area contributed by atoms with Crippen molar-refractivity contribution in [2.24, 2.45) is 5.73 Å². The molecule has 0 aliphatic heterocycles. The van der Waals surface area contributed by atoms with Gasteiger partial charge in [-0.05, 0) is 48.7 Å². The van der Waals surface area contributed by atoms with Gasteiger partial charge in [0.25, 0.3) is 5.91 Å². The van der Waals surface area contributed by atoms with E-state index < -0.39 is 0 Å². The molecule has 3 nitrogen and oxygen atoms in total. The van der Waals surface area contributed by atoms with Crippen LogP contribution >= 0.6 is 11.6 Å². The zero-order valence-electron chi connectivity index (χ0n) is 12.0. The van der Waals surface area contributed by atoms with Crippen molar-refractivity contribution >= 4 is 17.5 Å². The Kier molecular flexibility index (Phi) is 5.37. The molecule has 3 N–H and O–H groups in total. The zero-order chi connectivity index (χ0) is 15.2. The molecule has 2 rings (SSSR count). The van der Waals surface area contributed by atoms with Crippen LogP contribution in [0, 0.1) is 0 Å². The molecule has 1 atom stereocenters. The summed E-state index contributed by atoms with van der Waals surface area (Å²) in [6.07, 6.45) is 0.743. The molecule has 4 heteroatoms. The van der Waals surface area contributed by atoms with Gasteiger partial charge < -0.3 is 11.1 Å². The van der Waals surface area contributed by atoms with Gasteiger partial charge in [-0.3, -0.25) is 4.79 Å². The first-order valence-corrected chi connectivity index (χ1v) is 7.30. The van der Waals surface area contributed by atoms with Gasteiger partial charge in [0.2, 0.25) is 0 Å². The predicted molar refractivity (Wildman–Crippen MR) is 86.4 cm³/mol. The molecule has 0 spiro atoms. The maximum atomic E-state index is 12.1. The Bertz CT molecular complexity index is 610. The van der Waals surface area contributed by atoms with Gasteiger partial charge in [0.15, 0.2) is 0 Å². The second-order valence-corrected chi connectivity index (χ2v) is 5.55. The van der Waals surface area contributed by atoms with Crippen LogP contribution in [-0.2, 0) is 13.0 Å². The minimum absolute atomic E-state index is 0.0325. The van der Waals surface area contributed by atoms with Crippen LogP contribution in [0.1, 0.15) is 28.4 Å². The fraction of sp³-hybridized carbons (Fsp3) is 0.235. The summed E-state index contributed by atoms with van der Waals surface area (Å²) >= 11 is 5.96. The summed E-state index contributed by atoms with van der Waals surface area (Å²) in [5, 5.41) is 3.70. The van der Waals surface area contributed by atoms with Crippen molar-refractivity contribution in [1.29, 1.82) is 0 Å². The number of hydrogen-bond donors (Lipinski definition) is 2. The Balaban J connectivity index is 1.95. The first-order valence-electron chi connectivity index (χ1n) is 6.93. The zero-order valence-corrected chi connectivity index (χ0v) is 12.7. The molecule has 0 heterocycles. The summed E-state index contributed by atoms with van der Waals surface area (Å²) in [5.41, 5.74) is 8.31. The van der Waals surface area contributed by atoms with Gasteiger partial charge in [-0.25, -0.2) is 0 Å². The van der Waals surface area contributed by atoms with Crippen molar-refractivity contribution in [3.8, 4) is 0 Å². The van der Waals surface area contributed by atoms with Gasteiger partial charge in [-0.1, -0.05) is 35.9 Å². The van der Waals surface area contributed by atoms with E-state index in [1.165, 1.54) is 0 Å². The normalized spacial score (nSPS) is 12.0. The first kappa shape index (κ1) is 15.5. The third-order valence-corrected chi connectivity index (χ3v) is 3.50. The molecular weight excluding hydrogens is 284 g/mol. The van der Waals surface area contributed by atoms with E-state index in [1.807, 2.05) is 43.3 Å². The van der Waals surface area contributed by atoms with Gasteiger partial charge in [0, 0.05) is 23.2 Å². The number of rotatable bonds is 5. The van der Waals surface area contributed by atoms with Crippen molar-refractivity contribution in [3.05, 3.63) is 70.2 Å². The molecule has 0 aliphatic carbocycles. The van der Waals surface area contributed by atoms with Crippen LogP contribution in [-0.4, -0.2) is 11.9 Å². The van der Waals surface area contributed by atoms with Gasteiger partial charge in [0.05, 0.1) is 0 Å². The van der Waals surface area contributed by atoms with E-state index in [4.69, 9.17) is 17.3 Å². The number of halogens is 1. The Morgan fingerprint density at radius 1 is 1.19 bits per heavy atom. The quantitative estimate of drug-likeness (QED) is 0.891. The summed E-state index contributed by atoms with van der Waals surface area (Å²) in [7, 11) is 0. The average Bonchev–Trinajstić information content (AvgIpc) is 2.47. The van der Waals surface area contributed by atoms with Crippen molar-refractivity contribution < 1.29 is 4.79 Å². The average molecular weight is 303 g/mol. The molecule has 1 unspecified atom stereocenters. The summed E-state index contributed by atoms with van der Waals surface area (Å²) in [6, 6.07) is 15.0. The SMILES string of the molecule is CC(Cc1cccc(Cl)c1)NC(=O)c1ccc(CN)cc1. The van der Waals surface area contributed by atoms with Crippen LogP contribution in [0.5, 0.6) is 0 Å². The molecule has 0 bridgehead atoms. The van der Waals surface area contributed by atoms with Gasteiger partial charge in [-0.2, -0.15) is 0 Å². The maximum Gasteiger partial charge on any atom is 0.251 e. The Morgan fingerprint density at radius 3 is 2.52 bits per heavy atom. The number of nitrogens with one attached hydrogen (secondary N) is 1. The molecule has 0 saturated heterocycles. The fourth-order valence-electron chi connectivity index (χ4n) is 2.17. The van der Waals surface area contributed by atoms with Crippen LogP contribution in [0.3, 0.4) is 0 Å². The molecule has 21 heavy (non-hydrogen) atoms.